The summed E-state index contributed by atoms with van der Waals surface area (Å²) in [5.74, 6) is 0.879. The van der Waals surface area contributed by atoms with Gasteiger partial charge in [-0.3, -0.25) is 14.8 Å². The van der Waals surface area contributed by atoms with E-state index in [0.29, 0.717) is 17.6 Å². The summed E-state index contributed by atoms with van der Waals surface area (Å²) in [5, 5.41) is 7.43. The highest BCUT2D eigenvalue weighted by atomic mass is 16.5. The first-order valence-electron chi connectivity index (χ1n) is 9.95. The molecule has 1 aromatic carbocycles. The molecule has 0 radical (unpaired) electrons. The molecule has 3 heterocycles. The van der Waals surface area contributed by atoms with Gasteiger partial charge in [0, 0.05) is 36.9 Å². The monoisotopic (exact) mass is 366 g/mol. The Kier molecular flexibility index (Phi) is 4.25. The molecule has 0 unspecified atom stereocenters. The zero-order valence-electron chi connectivity index (χ0n) is 15.7. The molecule has 6 heteroatoms. The van der Waals surface area contributed by atoms with Gasteiger partial charge in [-0.2, -0.15) is 5.10 Å². The first-order valence-corrected chi connectivity index (χ1v) is 9.95. The van der Waals surface area contributed by atoms with E-state index in [1.807, 2.05) is 42.2 Å². The number of aryl methyl sites for hydroxylation is 1. The molecule has 1 saturated carbocycles. The van der Waals surface area contributed by atoms with E-state index in [4.69, 9.17) is 4.74 Å². The molecule has 3 fully saturated rings. The minimum Gasteiger partial charge on any atom is -0.378 e. The van der Waals surface area contributed by atoms with Crippen LogP contribution < -0.4 is 0 Å². The van der Waals surface area contributed by atoms with Gasteiger partial charge in [0.15, 0.2) is 0 Å². The lowest BCUT2D eigenvalue weighted by molar-refractivity contribution is -0.0816. The summed E-state index contributed by atoms with van der Waals surface area (Å²) in [6.45, 7) is 5.96. The van der Waals surface area contributed by atoms with Crippen LogP contribution in [0.1, 0.15) is 28.9 Å². The number of amides is 1. The van der Waals surface area contributed by atoms with E-state index in [2.05, 4.69) is 15.1 Å². The first kappa shape index (κ1) is 17.0. The minimum atomic E-state index is 0.0771. The second kappa shape index (κ2) is 6.77. The number of ether oxygens (including phenoxy) is 1. The number of morpholine rings is 1. The highest BCUT2D eigenvalue weighted by Gasteiger charge is 2.43. The molecule has 0 spiro atoms. The Labute approximate surface area is 159 Å². The zero-order chi connectivity index (χ0) is 18.4. The van der Waals surface area contributed by atoms with Crippen molar-refractivity contribution in [3.63, 3.8) is 0 Å². The molecule has 2 aliphatic heterocycles. The van der Waals surface area contributed by atoms with E-state index in [1.54, 1.807) is 0 Å². The van der Waals surface area contributed by atoms with E-state index in [0.717, 1.165) is 55.7 Å². The van der Waals surface area contributed by atoms with Gasteiger partial charge in [-0.15, -0.1) is 0 Å². The van der Waals surface area contributed by atoms with Crippen LogP contribution in [0.25, 0.3) is 11.3 Å². The Morgan fingerprint density at radius 3 is 2.78 bits per heavy atom. The third-order valence-corrected chi connectivity index (χ3v) is 6.21. The molecular formula is C21H26N4O2. The minimum absolute atomic E-state index is 0.0771. The highest BCUT2D eigenvalue weighted by molar-refractivity contribution is 6.01. The van der Waals surface area contributed by atoms with Gasteiger partial charge >= 0.3 is 0 Å². The molecule has 5 rings (SSSR count). The summed E-state index contributed by atoms with van der Waals surface area (Å²) in [5.41, 5.74) is 3.25. The van der Waals surface area contributed by atoms with Crippen LogP contribution in [-0.4, -0.2) is 70.8 Å². The maximum atomic E-state index is 13.4. The van der Waals surface area contributed by atoms with Crippen molar-refractivity contribution < 1.29 is 9.53 Å². The second-order valence-electron chi connectivity index (χ2n) is 8.02. The molecule has 142 valence electrons. The average Bonchev–Trinajstić information content (AvgIpc) is 3.49. The standard InChI is InChI=1S/C21H26N4O2/c1-14-19(20(23-22-14)16-5-3-2-4-6-16)21(26)24-9-10-25-17(11-24)12-27-13-18(25)15-7-8-15/h2-6,15,17-18H,7-13H2,1H3,(H,22,23)/t17-,18-/m1/s1. The van der Waals surface area contributed by atoms with Gasteiger partial charge in [0.25, 0.3) is 5.91 Å². The van der Waals surface area contributed by atoms with Crippen LogP contribution in [0.3, 0.4) is 0 Å². The van der Waals surface area contributed by atoms with Crippen LogP contribution in [-0.2, 0) is 4.74 Å². The van der Waals surface area contributed by atoms with Crippen molar-refractivity contribution in [2.24, 2.45) is 5.92 Å². The van der Waals surface area contributed by atoms with E-state index >= 15 is 0 Å². The number of H-pyrrole nitrogens is 1. The maximum absolute atomic E-state index is 13.4. The Morgan fingerprint density at radius 1 is 1.19 bits per heavy atom. The van der Waals surface area contributed by atoms with E-state index in [1.165, 1.54) is 12.8 Å². The quantitative estimate of drug-likeness (QED) is 0.906. The maximum Gasteiger partial charge on any atom is 0.258 e. The average molecular weight is 366 g/mol. The number of fused-ring (bicyclic) bond motifs is 1. The summed E-state index contributed by atoms with van der Waals surface area (Å²) in [4.78, 5) is 18.0. The van der Waals surface area contributed by atoms with Gasteiger partial charge in [-0.05, 0) is 25.7 Å². The SMILES string of the molecule is Cc1[nH]nc(-c2ccccc2)c1C(=O)N1CCN2[C@@H](COC[C@@H]2C2CC2)C1. The lowest BCUT2D eigenvalue weighted by Gasteiger charge is -2.48. The molecule has 1 amide bonds. The van der Waals surface area contributed by atoms with Crippen LogP contribution in [0.2, 0.25) is 0 Å². The van der Waals surface area contributed by atoms with Crippen molar-refractivity contribution in [3.8, 4) is 11.3 Å². The number of carbonyl (C=O) groups excluding carboxylic acids is 1. The van der Waals surface area contributed by atoms with Crippen LogP contribution in [0.15, 0.2) is 30.3 Å². The number of hydrogen-bond donors (Lipinski definition) is 1. The molecule has 1 N–H and O–H groups in total. The molecule has 2 atom stereocenters. The summed E-state index contributed by atoms with van der Waals surface area (Å²) >= 11 is 0. The lowest BCUT2D eigenvalue weighted by Crippen LogP contribution is -2.63. The first-order chi connectivity index (χ1) is 13.2. The zero-order valence-corrected chi connectivity index (χ0v) is 15.7. The smallest absolute Gasteiger partial charge is 0.258 e. The predicted octanol–water partition coefficient (Wildman–Crippen LogP) is 2.32. The Morgan fingerprint density at radius 2 is 2.00 bits per heavy atom. The molecule has 3 aliphatic rings. The van der Waals surface area contributed by atoms with Crippen LogP contribution in [0.5, 0.6) is 0 Å². The Bertz CT molecular complexity index is 830. The van der Waals surface area contributed by atoms with Crippen molar-refractivity contribution in [3.05, 3.63) is 41.6 Å². The number of aromatic nitrogens is 2. The van der Waals surface area contributed by atoms with Crippen molar-refractivity contribution >= 4 is 5.91 Å². The summed E-state index contributed by atoms with van der Waals surface area (Å²) in [7, 11) is 0. The number of aromatic amines is 1. The van der Waals surface area contributed by atoms with Crippen LogP contribution in [0, 0.1) is 12.8 Å². The fourth-order valence-corrected chi connectivity index (χ4v) is 4.60. The van der Waals surface area contributed by atoms with E-state index < -0.39 is 0 Å². The summed E-state index contributed by atoms with van der Waals surface area (Å²) in [6.07, 6.45) is 2.66. The number of piperazine rings is 1. The number of hydrogen-bond acceptors (Lipinski definition) is 4. The van der Waals surface area contributed by atoms with Crippen molar-refractivity contribution in [1.82, 2.24) is 20.0 Å². The second-order valence-corrected chi connectivity index (χ2v) is 8.02. The lowest BCUT2D eigenvalue weighted by atomic mass is 10.0. The fraction of sp³-hybridized carbons (Fsp3) is 0.524. The normalized spacial score (nSPS) is 26.0. The van der Waals surface area contributed by atoms with E-state index in [-0.39, 0.29) is 5.91 Å². The summed E-state index contributed by atoms with van der Waals surface area (Å²) in [6, 6.07) is 10.8. The van der Waals surface area contributed by atoms with Crippen LogP contribution in [0.4, 0.5) is 0 Å². The topological polar surface area (TPSA) is 61.5 Å². The molecule has 27 heavy (non-hydrogen) atoms. The number of benzene rings is 1. The van der Waals surface area contributed by atoms with Gasteiger partial charge in [0.05, 0.1) is 24.8 Å². The third-order valence-electron chi connectivity index (χ3n) is 6.21. The highest BCUT2D eigenvalue weighted by Crippen LogP contribution is 2.38. The molecule has 0 bridgehead atoms. The molecule has 2 aromatic rings. The molecular weight excluding hydrogens is 340 g/mol. The Balaban J connectivity index is 1.37. The molecule has 1 aromatic heterocycles. The fourth-order valence-electron chi connectivity index (χ4n) is 4.60. The Hall–Kier alpha value is -2.18. The number of rotatable bonds is 3. The van der Waals surface area contributed by atoms with E-state index in [9.17, 15) is 4.79 Å². The van der Waals surface area contributed by atoms with Gasteiger partial charge in [-0.1, -0.05) is 30.3 Å². The number of carbonyl (C=O) groups is 1. The number of nitrogens with zero attached hydrogens (tertiary/aromatic N) is 3. The molecule has 2 saturated heterocycles. The van der Waals surface area contributed by atoms with Crippen molar-refractivity contribution in [2.75, 3.05) is 32.8 Å². The van der Waals surface area contributed by atoms with Crippen molar-refractivity contribution in [1.29, 1.82) is 0 Å². The van der Waals surface area contributed by atoms with Gasteiger partial charge in [0.1, 0.15) is 5.69 Å². The van der Waals surface area contributed by atoms with Crippen molar-refractivity contribution in [2.45, 2.75) is 31.8 Å². The number of nitrogens with one attached hydrogen (secondary N) is 1. The van der Waals surface area contributed by atoms with Gasteiger partial charge in [0.2, 0.25) is 0 Å². The predicted molar refractivity (Wildman–Crippen MR) is 102 cm³/mol. The largest absolute Gasteiger partial charge is 0.378 e. The van der Waals surface area contributed by atoms with Gasteiger partial charge in [-0.25, -0.2) is 0 Å². The van der Waals surface area contributed by atoms with Crippen LogP contribution >= 0.6 is 0 Å². The van der Waals surface area contributed by atoms with Gasteiger partial charge < -0.3 is 9.64 Å². The third kappa shape index (κ3) is 3.07. The summed E-state index contributed by atoms with van der Waals surface area (Å²) < 4.78 is 5.89. The molecule has 1 aliphatic carbocycles. The molecule has 6 nitrogen and oxygen atoms in total.